The van der Waals surface area contributed by atoms with Crippen molar-refractivity contribution >= 4 is 75.0 Å². The molecule has 0 aliphatic heterocycles. The van der Waals surface area contributed by atoms with Crippen molar-refractivity contribution in [2.75, 3.05) is 0 Å². The van der Waals surface area contributed by atoms with Crippen LogP contribution in [-0.2, 0) is 0 Å². The Morgan fingerprint density at radius 1 is 0.478 bits per heavy atom. The molecule has 0 fully saturated rings. The molecule has 0 aliphatic rings. The first kappa shape index (κ1) is 25.5. The third-order valence-electron chi connectivity index (χ3n) is 9.19. The summed E-state index contributed by atoms with van der Waals surface area (Å²) in [6.07, 6.45) is 0. The fourth-order valence-electron chi connectivity index (χ4n) is 7.11. The number of hydrogen-bond acceptors (Lipinski definition) is 3. The van der Waals surface area contributed by atoms with Crippen molar-refractivity contribution in [2.24, 2.45) is 0 Å². The molecule has 3 aromatic heterocycles. The molecular weight excluding hydrogens is 579 g/mol. The van der Waals surface area contributed by atoms with E-state index in [1.165, 1.54) is 47.3 Å². The summed E-state index contributed by atoms with van der Waals surface area (Å²) < 4.78 is 4.89. The number of benzene rings is 7. The number of rotatable bonds is 3. The second kappa shape index (κ2) is 9.83. The summed E-state index contributed by atoms with van der Waals surface area (Å²) in [5, 5.41) is 8.49. The first-order chi connectivity index (χ1) is 22.8. The smallest absolute Gasteiger partial charge is 0.235 e. The van der Waals surface area contributed by atoms with Crippen LogP contribution in [0.5, 0.6) is 0 Å². The zero-order valence-electron chi connectivity index (χ0n) is 24.7. The molecule has 0 bridgehead atoms. The molecule has 0 amide bonds. The predicted molar refractivity (Wildman–Crippen MR) is 195 cm³/mol. The van der Waals surface area contributed by atoms with Crippen molar-refractivity contribution in [3.63, 3.8) is 0 Å². The lowest BCUT2D eigenvalue weighted by atomic mass is 10.00. The summed E-state index contributed by atoms with van der Waals surface area (Å²) in [4.78, 5) is 10.7. The van der Waals surface area contributed by atoms with E-state index in [2.05, 4.69) is 156 Å². The van der Waals surface area contributed by atoms with E-state index in [4.69, 9.17) is 9.97 Å². The van der Waals surface area contributed by atoms with Crippen molar-refractivity contribution in [2.45, 2.75) is 0 Å². The first-order valence-corrected chi connectivity index (χ1v) is 16.3. The number of fused-ring (bicyclic) bond motifs is 10. The maximum absolute atomic E-state index is 5.43. The first-order valence-electron chi connectivity index (χ1n) is 15.5. The molecule has 0 aliphatic carbocycles. The van der Waals surface area contributed by atoms with Gasteiger partial charge in [-0.25, -0.2) is 9.97 Å². The molecule has 0 unspecified atom stereocenters. The molecule has 0 N–H and O–H groups in total. The van der Waals surface area contributed by atoms with Gasteiger partial charge in [0.05, 0.1) is 22.2 Å². The minimum atomic E-state index is 0.677. The average Bonchev–Trinajstić information content (AvgIpc) is 3.68. The molecule has 0 saturated carbocycles. The minimum Gasteiger partial charge on any atom is -0.277 e. The summed E-state index contributed by atoms with van der Waals surface area (Å²) >= 11 is 1.87. The average molecular weight is 604 g/mol. The molecule has 4 heteroatoms. The maximum Gasteiger partial charge on any atom is 0.235 e. The third-order valence-corrected chi connectivity index (χ3v) is 10.4. The van der Waals surface area contributed by atoms with E-state index in [1.54, 1.807) is 0 Å². The Hall–Kier alpha value is -5.84. The highest BCUT2D eigenvalue weighted by Gasteiger charge is 2.21. The summed E-state index contributed by atoms with van der Waals surface area (Å²) in [5.74, 6) is 0.677. The Bertz CT molecular complexity index is 2800. The van der Waals surface area contributed by atoms with Crippen molar-refractivity contribution in [1.82, 2.24) is 14.5 Å². The fraction of sp³-hybridized carbons (Fsp3) is 0. The van der Waals surface area contributed by atoms with Gasteiger partial charge in [0.1, 0.15) is 0 Å². The highest BCUT2D eigenvalue weighted by atomic mass is 32.1. The molecule has 214 valence electrons. The van der Waals surface area contributed by atoms with Gasteiger partial charge < -0.3 is 0 Å². The maximum atomic E-state index is 5.43. The van der Waals surface area contributed by atoms with Crippen molar-refractivity contribution in [3.05, 3.63) is 152 Å². The van der Waals surface area contributed by atoms with Crippen LogP contribution < -0.4 is 0 Å². The van der Waals surface area contributed by atoms with E-state index in [1.807, 2.05) is 11.3 Å². The summed E-state index contributed by atoms with van der Waals surface area (Å²) in [5.41, 5.74) is 7.51. The van der Waals surface area contributed by atoms with Gasteiger partial charge in [-0.2, -0.15) is 0 Å². The SMILES string of the molecule is c1ccc(-c2cccc(-c3nc(-n4c5ccccc5c5ccc6ccc7c8ccccc8sc7c6c54)nc4ccccc34)c2)cc1. The zero-order valence-corrected chi connectivity index (χ0v) is 25.5. The van der Waals surface area contributed by atoms with E-state index in [0.717, 1.165) is 38.8 Å². The number of thiophene rings is 1. The number of nitrogens with zero attached hydrogens (tertiary/aromatic N) is 3. The highest BCUT2D eigenvalue weighted by molar-refractivity contribution is 7.26. The molecule has 10 aromatic rings. The molecule has 0 atom stereocenters. The summed E-state index contributed by atoms with van der Waals surface area (Å²) in [7, 11) is 0. The van der Waals surface area contributed by atoms with Crippen LogP contribution in [0.2, 0.25) is 0 Å². The molecule has 3 nitrogen and oxygen atoms in total. The van der Waals surface area contributed by atoms with Gasteiger partial charge >= 0.3 is 0 Å². The molecule has 0 radical (unpaired) electrons. The van der Waals surface area contributed by atoms with E-state index < -0.39 is 0 Å². The van der Waals surface area contributed by atoms with Gasteiger partial charge in [0.15, 0.2) is 0 Å². The molecular formula is C42H25N3S. The Balaban J connectivity index is 1.33. The van der Waals surface area contributed by atoms with Gasteiger partial charge in [0.2, 0.25) is 5.95 Å². The normalized spacial score (nSPS) is 11.9. The third kappa shape index (κ3) is 3.71. The molecule has 7 aromatic carbocycles. The van der Waals surface area contributed by atoms with Crippen molar-refractivity contribution < 1.29 is 0 Å². The summed E-state index contributed by atoms with van der Waals surface area (Å²) in [6, 6.07) is 54.0. The van der Waals surface area contributed by atoms with E-state index in [0.29, 0.717) is 5.95 Å². The topological polar surface area (TPSA) is 30.7 Å². The molecule has 10 rings (SSSR count). The Morgan fingerprint density at radius 3 is 2.07 bits per heavy atom. The number of aromatic nitrogens is 3. The Morgan fingerprint density at radius 2 is 1.17 bits per heavy atom. The summed E-state index contributed by atoms with van der Waals surface area (Å²) in [6.45, 7) is 0. The van der Waals surface area contributed by atoms with Crippen LogP contribution in [-0.4, -0.2) is 14.5 Å². The Labute approximate surface area is 268 Å². The van der Waals surface area contributed by atoms with Crippen LogP contribution in [0.25, 0.3) is 92.0 Å². The van der Waals surface area contributed by atoms with E-state index in [-0.39, 0.29) is 0 Å². The number of hydrogen-bond donors (Lipinski definition) is 0. The monoisotopic (exact) mass is 603 g/mol. The second-order valence-electron chi connectivity index (χ2n) is 11.8. The van der Waals surface area contributed by atoms with Gasteiger partial charge in [-0.3, -0.25) is 4.57 Å². The molecule has 0 saturated heterocycles. The van der Waals surface area contributed by atoms with Crippen LogP contribution in [0, 0.1) is 0 Å². The van der Waals surface area contributed by atoms with Gasteiger partial charge in [0.25, 0.3) is 0 Å². The minimum absolute atomic E-state index is 0.677. The second-order valence-corrected chi connectivity index (χ2v) is 12.8. The lowest BCUT2D eigenvalue weighted by Crippen LogP contribution is -2.03. The van der Waals surface area contributed by atoms with Gasteiger partial charge in [-0.05, 0) is 40.8 Å². The van der Waals surface area contributed by atoms with E-state index >= 15 is 0 Å². The molecule has 46 heavy (non-hydrogen) atoms. The standard InChI is InChI=1S/C42H25N3S/c1-2-11-26(12-3-1)28-13-10-14-29(25-28)39-34-17-4-7-18-35(34)43-42(44-39)45-36-19-8-5-15-30(36)32-23-21-27-22-24-33-31-16-6-9-20-37(31)46-41(33)38(27)40(32)45/h1-25H. The van der Waals surface area contributed by atoms with Crippen molar-refractivity contribution in [1.29, 1.82) is 0 Å². The van der Waals surface area contributed by atoms with Crippen LogP contribution in [0.15, 0.2) is 152 Å². The van der Waals surface area contributed by atoms with Gasteiger partial charge in [0, 0.05) is 47.3 Å². The molecule has 3 heterocycles. The van der Waals surface area contributed by atoms with Crippen LogP contribution in [0.3, 0.4) is 0 Å². The van der Waals surface area contributed by atoms with Crippen LogP contribution >= 0.6 is 11.3 Å². The van der Waals surface area contributed by atoms with Gasteiger partial charge in [-0.1, -0.05) is 127 Å². The number of para-hydroxylation sites is 2. The van der Waals surface area contributed by atoms with Crippen LogP contribution in [0.1, 0.15) is 0 Å². The largest absolute Gasteiger partial charge is 0.277 e. The highest BCUT2D eigenvalue weighted by Crippen LogP contribution is 2.44. The lowest BCUT2D eigenvalue weighted by Gasteiger charge is -2.13. The van der Waals surface area contributed by atoms with E-state index in [9.17, 15) is 0 Å². The lowest BCUT2D eigenvalue weighted by molar-refractivity contribution is 1.02. The van der Waals surface area contributed by atoms with Crippen molar-refractivity contribution in [3.8, 4) is 28.3 Å². The fourth-order valence-corrected chi connectivity index (χ4v) is 8.37. The van der Waals surface area contributed by atoms with Gasteiger partial charge in [-0.15, -0.1) is 11.3 Å². The Kier molecular flexibility index (Phi) is 5.45. The van der Waals surface area contributed by atoms with Crippen LogP contribution in [0.4, 0.5) is 0 Å². The quantitative estimate of drug-likeness (QED) is 0.201. The predicted octanol–water partition coefficient (Wildman–Crippen LogP) is 11.6. The zero-order chi connectivity index (χ0) is 30.2. The molecule has 0 spiro atoms.